The van der Waals surface area contributed by atoms with Gasteiger partial charge in [0.25, 0.3) is 5.91 Å². The van der Waals surface area contributed by atoms with E-state index in [9.17, 15) is 23.6 Å². The van der Waals surface area contributed by atoms with Crippen molar-refractivity contribution in [2.45, 2.75) is 16.2 Å². The van der Waals surface area contributed by atoms with Crippen molar-refractivity contribution in [1.82, 2.24) is 4.98 Å². The van der Waals surface area contributed by atoms with Gasteiger partial charge in [-0.15, -0.1) is 0 Å². The average molecular weight is 631 g/mol. The second kappa shape index (κ2) is 11.0. The number of hydrogen-bond acceptors (Lipinski definition) is 7. The van der Waals surface area contributed by atoms with Gasteiger partial charge in [0, 0.05) is 32.1 Å². The molecular formula is C28H18Cl2FN3O5S2. The van der Waals surface area contributed by atoms with E-state index in [1.165, 1.54) is 24.3 Å². The smallest absolute Gasteiger partial charge is 0.305 e. The highest BCUT2D eigenvalue weighted by Crippen LogP contribution is 2.54. The van der Waals surface area contributed by atoms with Crippen LogP contribution in [0.4, 0.5) is 15.8 Å². The highest BCUT2D eigenvalue weighted by atomic mass is 35.5. The Morgan fingerprint density at radius 1 is 0.976 bits per heavy atom. The van der Waals surface area contributed by atoms with Crippen LogP contribution in [0.15, 0.2) is 76.6 Å². The number of rotatable bonds is 6. The van der Waals surface area contributed by atoms with Gasteiger partial charge in [-0.3, -0.25) is 19.2 Å². The van der Waals surface area contributed by atoms with E-state index in [1.54, 1.807) is 42.5 Å². The molecular weight excluding hydrogens is 612 g/mol. The minimum absolute atomic E-state index is 0.244. The number of nitrogens with zero attached hydrogens (tertiary/aromatic N) is 1. The summed E-state index contributed by atoms with van der Waals surface area (Å²) in [6.07, 6.45) is 0. The van der Waals surface area contributed by atoms with Gasteiger partial charge in [0.1, 0.15) is 16.8 Å². The summed E-state index contributed by atoms with van der Waals surface area (Å²) in [7, 11) is 0. The van der Waals surface area contributed by atoms with Crippen LogP contribution >= 0.6 is 46.3 Å². The van der Waals surface area contributed by atoms with Gasteiger partial charge in [0.2, 0.25) is 11.8 Å². The summed E-state index contributed by atoms with van der Waals surface area (Å²) in [5.74, 6) is -3.35. The Morgan fingerprint density at radius 3 is 2.41 bits per heavy atom. The second-order valence-electron chi connectivity index (χ2n) is 9.26. The number of benzene rings is 3. The molecule has 208 valence electrons. The first-order chi connectivity index (χ1) is 19.7. The summed E-state index contributed by atoms with van der Waals surface area (Å²) < 4.78 is 19.5. The summed E-state index contributed by atoms with van der Waals surface area (Å²) in [5, 5.41) is 3.19. The molecule has 2 aliphatic rings. The van der Waals surface area contributed by atoms with Crippen molar-refractivity contribution in [2.75, 3.05) is 16.8 Å². The van der Waals surface area contributed by atoms with Gasteiger partial charge >= 0.3 is 4.87 Å². The maximum absolute atomic E-state index is 13.9. The number of halogens is 3. The minimum Gasteiger partial charge on any atom is -0.483 e. The maximum Gasteiger partial charge on any atom is 0.305 e. The number of carbonyl (C=O) groups excluding carboxylic acids is 3. The van der Waals surface area contributed by atoms with E-state index < -0.39 is 40.6 Å². The molecule has 0 saturated carbocycles. The van der Waals surface area contributed by atoms with Crippen LogP contribution in [0.1, 0.15) is 16.4 Å². The Bertz CT molecular complexity index is 1740. The van der Waals surface area contributed by atoms with E-state index in [0.29, 0.717) is 31.2 Å². The van der Waals surface area contributed by atoms with Crippen LogP contribution in [0.25, 0.3) is 0 Å². The van der Waals surface area contributed by atoms with Crippen LogP contribution < -0.4 is 19.8 Å². The number of nitrogens with one attached hydrogen (secondary N) is 2. The fourth-order valence-corrected chi connectivity index (χ4v) is 7.78. The van der Waals surface area contributed by atoms with Gasteiger partial charge in [0.15, 0.2) is 6.61 Å². The lowest BCUT2D eigenvalue weighted by Crippen LogP contribution is -2.32. The van der Waals surface area contributed by atoms with Crippen molar-refractivity contribution in [2.24, 2.45) is 5.92 Å². The molecule has 2 N–H and O–H groups in total. The summed E-state index contributed by atoms with van der Waals surface area (Å²) in [5.41, 5.74) is 1.23. The van der Waals surface area contributed by atoms with E-state index in [0.717, 1.165) is 28.0 Å². The number of ether oxygens (including phenoxy) is 1. The molecule has 1 aromatic heterocycles. The summed E-state index contributed by atoms with van der Waals surface area (Å²) >= 11 is 14.3. The number of anilines is 2. The number of amides is 3. The second-order valence-corrected chi connectivity index (χ2v) is 12.3. The quantitative estimate of drug-likeness (QED) is 0.265. The molecule has 41 heavy (non-hydrogen) atoms. The van der Waals surface area contributed by atoms with Crippen molar-refractivity contribution in [1.29, 1.82) is 0 Å². The number of aromatic nitrogens is 1. The molecule has 8 nitrogen and oxygen atoms in total. The van der Waals surface area contributed by atoms with Gasteiger partial charge in [0.05, 0.1) is 16.6 Å². The molecule has 0 aliphatic carbocycles. The van der Waals surface area contributed by atoms with Crippen LogP contribution in [0, 0.1) is 11.7 Å². The zero-order valence-electron chi connectivity index (χ0n) is 20.7. The lowest BCUT2D eigenvalue weighted by atomic mass is 9.82. The van der Waals surface area contributed by atoms with Crippen LogP contribution in [0.3, 0.4) is 0 Å². The van der Waals surface area contributed by atoms with Crippen molar-refractivity contribution in [3.05, 3.63) is 103 Å². The number of thiazole rings is 1. The third-order valence-electron chi connectivity index (χ3n) is 6.70. The number of thioether (sulfide) groups is 1. The first-order valence-electron chi connectivity index (χ1n) is 12.2. The van der Waals surface area contributed by atoms with Crippen LogP contribution in [-0.2, 0) is 14.4 Å². The predicted molar refractivity (Wildman–Crippen MR) is 156 cm³/mol. The Kier molecular flexibility index (Phi) is 7.37. The summed E-state index contributed by atoms with van der Waals surface area (Å²) in [6.45, 7) is -0.363. The van der Waals surface area contributed by atoms with Gasteiger partial charge in [-0.2, -0.15) is 0 Å². The lowest BCUT2D eigenvalue weighted by molar-refractivity contribution is -0.122. The Labute approximate surface area is 250 Å². The fraction of sp³-hybridized carbons (Fsp3) is 0.143. The van der Waals surface area contributed by atoms with E-state index in [-0.39, 0.29) is 22.9 Å². The minimum atomic E-state index is -0.916. The number of aromatic amines is 1. The highest BCUT2D eigenvalue weighted by Gasteiger charge is 2.56. The van der Waals surface area contributed by atoms with Gasteiger partial charge < -0.3 is 15.0 Å². The molecule has 3 aromatic carbocycles. The molecule has 4 aromatic rings. The third-order valence-corrected chi connectivity index (χ3v) is 9.59. The molecule has 0 radical (unpaired) electrons. The number of hydrogen-bond donors (Lipinski definition) is 2. The van der Waals surface area contributed by atoms with Gasteiger partial charge in [-0.1, -0.05) is 46.3 Å². The fourth-order valence-electron chi connectivity index (χ4n) is 4.96. The molecule has 3 amide bonds. The largest absolute Gasteiger partial charge is 0.483 e. The molecule has 2 aliphatic heterocycles. The predicted octanol–water partition coefficient (Wildman–Crippen LogP) is 5.70. The highest BCUT2D eigenvalue weighted by molar-refractivity contribution is 8.00. The van der Waals surface area contributed by atoms with E-state index >= 15 is 0 Å². The molecule has 13 heteroatoms. The number of imide groups is 1. The molecule has 3 heterocycles. The topological polar surface area (TPSA) is 109 Å². The molecule has 6 rings (SSSR count). The number of H-pyrrole nitrogens is 1. The SMILES string of the molecule is O=C(COc1ccc(Cl)cc1[C@H]1c2sc(=O)[nH]c2SC2C(=O)N(c3ccc(F)cc3)C(=O)C21)Nc1ccc(Cl)cc1. The van der Waals surface area contributed by atoms with E-state index in [4.69, 9.17) is 27.9 Å². The van der Waals surface area contributed by atoms with E-state index in [1.807, 2.05) is 0 Å². The van der Waals surface area contributed by atoms with Crippen LogP contribution in [0.2, 0.25) is 10.0 Å². The third kappa shape index (κ3) is 5.26. The number of carbonyl (C=O) groups is 3. The van der Waals surface area contributed by atoms with Crippen molar-refractivity contribution < 1.29 is 23.5 Å². The first-order valence-corrected chi connectivity index (χ1v) is 14.7. The van der Waals surface area contributed by atoms with Crippen LogP contribution in [-0.4, -0.2) is 34.6 Å². The Balaban J connectivity index is 1.36. The summed E-state index contributed by atoms with van der Waals surface area (Å²) in [6, 6.07) is 16.4. The average Bonchev–Trinajstić information content (AvgIpc) is 3.44. The first kappa shape index (κ1) is 27.5. The Morgan fingerprint density at radius 2 is 1.68 bits per heavy atom. The van der Waals surface area contributed by atoms with Gasteiger partial charge in [-0.25, -0.2) is 9.29 Å². The summed E-state index contributed by atoms with van der Waals surface area (Å²) in [4.78, 5) is 56.6. The standard InChI is InChI=1S/C28H18Cl2FN3O5S2/c29-13-1-6-16(7-2-13)32-20(35)12-39-19-10-3-14(30)11-18(19)21-22-24(40-25-23(21)41-28(38)33-25)27(37)34(26(22)36)17-8-4-15(31)5-9-17/h1-11,21-22,24H,12H2,(H,32,35)(H,33,38)/t21-,22?,24?/m1/s1. The molecule has 1 fully saturated rings. The lowest BCUT2D eigenvalue weighted by Gasteiger charge is -2.31. The molecule has 0 bridgehead atoms. The normalized spacial score (nSPS) is 19.6. The van der Waals surface area contributed by atoms with E-state index in [2.05, 4.69) is 10.3 Å². The molecule has 0 spiro atoms. The molecule has 2 unspecified atom stereocenters. The monoisotopic (exact) mass is 629 g/mol. The zero-order chi connectivity index (χ0) is 28.8. The van der Waals surface area contributed by atoms with Crippen molar-refractivity contribution in [3.63, 3.8) is 0 Å². The van der Waals surface area contributed by atoms with Crippen LogP contribution in [0.5, 0.6) is 5.75 Å². The molecule has 3 atom stereocenters. The number of fused-ring (bicyclic) bond motifs is 2. The maximum atomic E-state index is 13.9. The Hall–Kier alpha value is -3.64. The van der Waals surface area contributed by atoms with Crippen molar-refractivity contribution >= 4 is 75.4 Å². The molecule has 1 saturated heterocycles. The zero-order valence-corrected chi connectivity index (χ0v) is 23.9. The van der Waals surface area contributed by atoms with Gasteiger partial charge in [-0.05, 0) is 66.7 Å². The van der Waals surface area contributed by atoms with Crippen molar-refractivity contribution in [3.8, 4) is 5.75 Å².